The summed E-state index contributed by atoms with van der Waals surface area (Å²) in [6.45, 7) is 7.58. The molecule has 2 aliphatic rings. The molecule has 5 rings (SSSR count). The van der Waals surface area contributed by atoms with Gasteiger partial charge in [-0.2, -0.15) is 13.2 Å². The van der Waals surface area contributed by atoms with Gasteiger partial charge in [-0.1, -0.05) is 12.1 Å². The molecule has 0 aromatic heterocycles. The maximum absolute atomic E-state index is 14.3. The topological polar surface area (TPSA) is 85.2 Å². The molecule has 0 fully saturated rings. The first-order valence-corrected chi connectivity index (χ1v) is 14.1. The van der Waals surface area contributed by atoms with Crippen LogP contribution in [0.15, 0.2) is 42.5 Å². The second-order valence-corrected chi connectivity index (χ2v) is 11.9. The van der Waals surface area contributed by atoms with Crippen molar-refractivity contribution in [1.29, 1.82) is 0 Å². The summed E-state index contributed by atoms with van der Waals surface area (Å²) in [5.41, 5.74) is 2.63. The minimum Gasteiger partial charge on any atom is -0.493 e. The number of carboxylic acids is 1. The van der Waals surface area contributed by atoms with E-state index in [-0.39, 0.29) is 31.1 Å². The van der Waals surface area contributed by atoms with E-state index in [4.69, 9.17) is 19.3 Å². The fraction of sp³-hybridized carbons (Fsp3) is 0.424. The van der Waals surface area contributed by atoms with Crippen molar-refractivity contribution in [1.82, 2.24) is 0 Å². The number of fused-ring (bicyclic) bond motifs is 2. The number of rotatable bonds is 9. The van der Waals surface area contributed by atoms with Gasteiger partial charge in [0.2, 0.25) is 0 Å². The van der Waals surface area contributed by atoms with Crippen molar-refractivity contribution in [3.63, 3.8) is 0 Å². The van der Waals surface area contributed by atoms with Crippen LogP contribution in [-0.2, 0) is 17.4 Å². The van der Waals surface area contributed by atoms with E-state index in [1.807, 2.05) is 13.8 Å². The first-order valence-electron chi connectivity index (χ1n) is 14.1. The van der Waals surface area contributed by atoms with Crippen molar-refractivity contribution >= 4 is 5.97 Å². The number of alkyl halides is 3. The standard InChI is InChI=1S/C33H35F3O6/c1-18-13-20(14-19(2)31(18)40-12-11-32(3,4)39)30-25-8-10-27(24(25)7-9-26(30)33(34,35)36)42-22-5-6-23-21(15-29(37)38)17-41-28(23)16-22/h5-7,9,13-14,16,21,27,39H,8,10-12,15,17H2,1-4H3,(H,37,38)/t21-,27-/m1/s1. The van der Waals surface area contributed by atoms with Crippen molar-refractivity contribution in [3.05, 3.63) is 75.8 Å². The average molecular weight is 585 g/mol. The van der Waals surface area contributed by atoms with Crippen molar-refractivity contribution in [2.24, 2.45) is 0 Å². The Morgan fingerprint density at radius 2 is 1.74 bits per heavy atom. The van der Waals surface area contributed by atoms with Gasteiger partial charge in [0.25, 0.3) is 0 Å². The summed E-state index contributed by atoms with van der Waals surface area (Å²) in [6.07, 6.45) is -3.67. The molecular formula is C33H35F3O6. The van der Waals surface area contributed by atoms with Gasteiger partial charge in [-0.25, -0.2) is 0 Å². The molecule has 0 bridgehead atoms. The second kappa shape index (κ2) is 11.2. The molecule has 6 nitrogen and oxygen atoms in total. The normalized spacial score (nSPS) is 17.9. The molecule has 2 N–H and O–H groups in total. The van der Waals surface area contributed by atoms with E-state index in [0.29, 0.717) is 53.2 Å². The minimum absolute atomic E-state index is 0.0274. The van der Waals surface area contributed by atoms with Gasteiger partial charge in [0.05, 0.1) is 30.8 Å². The lowest BCUT2D eigenvalue weighted by molar-refractivity contribution is -0.138. The van der Waals surface area contributed by atoms with Gasteiger partial charge in [-0.15, -0.1) is 0 Å². The largest absolute Gasteiger partial charge is 0.493 e. The summed E-state index contributed by atoms with van der Waals surface area (Å²) in [5, 5.41) is 19.1. The molecule has 1 heterocycles. The van der Waals surface area contributed by atoms with E-state index in [1.165, 1.54) is 6.07 Å². The molecule has 1 aliphatic carbocycles. The van der Waals surface area contributed by atoms with Crippen LogP contribution in [0.1, 0.15) is 78.5 Å². The van der Waals surface area contributed by atoms with E-state index >= 15 is 0 Å². The smallest absolute Gasteiger partial charge is 0.417 e. The van der Waals surface area contributed by atoms with Crippen molar-refractivity contribution in [2.75, 3.05) is 13.2 Å². The van der Waals surface area contributed by atoms with Crippen molar-refractivity contribution in [2.45, 2.75) is 77.2 Å². The van der Waals surface area contributed by atoms with Crippen LogP contribution in [0.25, 0.3) is 11.1 Å². The van der Waals surface area contributed by atoms with Gasteiger partial charge in [0, 0.05) is 24.0 Å². The Bertz CT molecular complexity index is 1480. The Morgan fingerprint density at radius 1 is 1.05 bits per heavy atom. The Morgan fingerprint density at radius 3 is 2.38 bits per heavy atom. The Hall–Kier alpha value is -3.72. The van der Waals surface area contributed by atoms with E-state index < -0.39 is 29.4 Å². The predicted octanol–water partition coefficient (Wildman–Crippen LogP) is 7.55. The quantitative estimate of drug-likeness (QED) is 0.270. The highest BCUT2D eigenvalue weighted by molar-refractivity contribution is 5.76. The zero-order chi connectivity index (χ0) is 30.4. The number of ether oxygens (including phenoxy) is 3. The van der Waals surface area contributed by atoms with E-state index in [1.54, 1.807) is 44.2 Å². The Balaban J connectivity index is 1.45. The van der Waals surface area contributed by atoms with Crippen LogP contribution >= 0.6 is 0 Å². The number of aryl methyl sites for hydroxylation is 2. The third kappa shape index (κ3) is 6.21. The molecule has 0 saturated carbocycles. The number of benzene rings is 3. The van der Waals surface area contributed by atoms with E-state index in [0.717, 1.165) is 22.8 Å². The molecule has 224 valence electrons. The summed E-state index contributed by atoms with van der Waals surface area (Å²) < 4.78 is 60.8. The fourth-order valence-electron chi connectivity index (χ4n) is 5.95. The second-order valence-electron chi connectivity index (χ2n) is 11.9. The molecular weight excluding hydrogens is 549 g/mol. The van der Waals surface area contributed by atoms with E-state index in [9.17, 15) is 23.1 Å². The van der Waals surface area contributed by atoms with Crippen LogP contribution in [0.4, 0.5) is 13.2 Å². The maximum atomic E-state index is 14.3. The molecule has 1 aliphatic heterocycles. The van der Waals surface area contributed by atoms with Gasteiger partial charge in [-0.05, 0) is 98.2 Å². The van der Waals surface area contributed by atoms with Gasteiger partial charge in [0.15, 0.2) is 0 Å². The third-order valence-corrected chi connectivity index (χ3v) is 7.93. The molecule has 3 aromatic rings. The fourth-order valence-corrected chi connectivity index (χ4v) is 5.95. The summed E-state index contributed by atoms with van der Waals surface area (Å²) in [5.74, 6) is 0.568. The molecule has 0 unspecified atom stereocenters. The monoisotopic (exact) mass is 584 g/mol. The molecule has 0 amide bonds. The highest BCUT2D eigenvalue weighted by Gasteiger charge is 2.38. The highest BCUT2D eigenvalue weighted by Crippen LogP contribution is 2.48. The number of carboxylic acid groups (broad SMARTS) is 1. The van der Waals surface area contributed by atoms with Crippen LogP contribution in [0.2, 0.25) is 0 Å². The summed E-state index contributed by atoms with van der Waals surface area (Å²) in [4.78, 5) is 11.2. The highest BCUT2D eigenvalue weighted by atomic mass is 19.4. The van der Waals surface area contributed by atoms with Crippen molar-refractivity contribution < 1.29 is 42.4 Å². The number of hydrogen-bond donors (Lipinski definition) is 2. The first-order chi connectivity index (χ1) is 19.7. The van der Waals surface area contributed by atoms with Crippen molar-refractivity contribution in [3.8, 4) is 28.4 Å². The molecule has 3 aromatic carbocycles. The van der Waals surface area contributed by atoms with Crippen LogP contribution in [0, 0.1) is 13.8 Å². The lowest BCUT2D eigenvalue weighted by Gasteiger charge is -2.22. The van der Waals surface area contributed by atoms with Gasteiger partial charge in [-0.3, -0.25) is 4.79 Å². The number of halogens is 3. The molecule has 42 heavy (non-hydrogen) atoms. The van der Waals surface area contributed by atoms with Crippen LogP contribution in [0.5, 0.6) is 17.2 Å². The molecule has 0 spiro atoms. The molecule has 2 atom stereocenters. The lowest BCUT2D eigenvalue weighted by Crippen LogP contribution is -2.22. The van der Waals surface area contributed by atoms with Gasteiger partial charge < -0.3 is 24.4 Å². The zero-order valence-electron chi connectivity index (χ0n) is 24.1. The number of aliphatic carboxylic acids is 1. The lowest BCUT2D eigenvalue weighted by atomic mass is 9.89. The molecule has 0 saturated heterocycles. The average Bonchev–Trinajstić information content (AvgIpc) is 3.47. The van der Waals surface area contributed by atoms with Crippen LogP contribution in [-0.4, -0.2) is 35.0 Å². The summed E-state index contributed by atoms with van der Waals surface area (Å²) in [6, 6.07) is 11.4. The zero-order valence-corrected chi connectivity index (χ0v) is 24.1. The summed E-state index contributed by atoms with van der Waals surface area (Å²) in [7, 11) is 0. The number of carbonyl (C=O) groups is 1. The minimum atomic E-state index is -4.54. The van der Waals surface area contributed by atoms with Gasteiger partial charge >= 0.3 is 12.1 Å². The number of aliphatic hydroxyl groups is 1. The first kappa shape index (κ1) is 29.8. The predicted molar refractivity (Wildman–Crippen MR) is 151 cm³/mol. The Kier molecular flexibility index (Phi) is 7.91. The molecule has 0 radical (unpaired) electrons. The molecule has 9 heteroatoms. The van der Waals surface area contributed by atoms with Crippen LogP contribution < -0.4 is 14.2 Å². The number of hydrogen-bond acceptors (Lipinski definition) is 5. The van der Waals surface area contributed by atoms with Gasteiger partial charge in [0.1, 0.15) is 23.4 Å². The summed E-state index contributed by atoms with van der Waals surface area (Å²) >= 11 is 0. The van der Waals surface area contributed by atoms with E-state index in [2.05, 4.69) is 0 Å². The van der Waals surface area contributed by atoms with Crippen LogP contribution in [0.3, 0.4) is 0 Å². The maximum Gasteiger partial charge on any atom is 0.417 e. The third-order valence-electron chi connectivity index (χ3n) is 7.93. The SMILES string of the molecule is Cc1cc(-c2c(C(F)(F)F)ccc3c2CC[C@H]3Oc2ccc3c(c2)OC[C@H]3CC(=O)O)cc(C)c1OCCC(C)(C)O. The Labute approximate surface area is 243 Å².